The number of methoxy groups -OCH3 is 2. The van der Waals surface area contributed by atoms with Crippen LogP contribution in [0.15, 0.2) is 65.1 Å². The lowest BCUT2D eigenvalue weighted by Gasteiger charge is -2.14. The number of fused-ring (bicyclic) bond motifs is 1. The van der Waals surface area contributed by atoms with Crippen molar-refractivity contribution in [3.63, 3.8) is 0 Å². The Morgan fingerprint density at radius 3 is 2.32 bits per heavy atom. The molecule has 6 nitrogen and oxygen atoms in total. The first kappa shape index (κ1) is 20.6. The number of carbonyl (C=O) groups is 1. The summed E-state index contributed by atoms with van der Waals surface area (Å²) in [5, 5.41) is 7.01. The molecule has 0 bridgehead atoms. The molecular weight excluding hydrogens is 416 g/mol. The zero-order chi connectivity index (χ0) is 22.0. The average molecular weight is 437 g/mol. The van der Waals surface area contributed by atoms with Gasteiger partial charge in [0.1, 0.15) is 22.8 Å². The minimum atomic E-state index is -0.497. The maximum Gasteiger partial charge on any atom is 0.326 e. The molecule has 0 fully saturated rings. The number of benzene rings is 3. The molecule has 2 N–H and O–H groups in total. The highest BCUT2D eigenvalue weighted by molar-refractivity contribution is 6.31. The van der Waals surface area contributed by atoms with E-state index in [1.54, 1.807) is 30.3 Å². The van der Waals surface area contributed by atoms with Crippen LogP contribution in [0.25, 0.3) is 22.1 Å². The van der Waals surface area contributed by atoms with Gasteiger partial charge in [-0.3, -0.25) is 5.32 Å². The van der Waals surface area contributed by atoms with E-state index in [-0.39, 0.29) is 0 Å². The number of hydrogen-bond donors (Lipinski definition) is 2. The van der Waals surface area contributed by atoms with E-state index in [4.69, 9.17) is 25.5 Å². The molecule has 0 aliphatic heterocycles. The second-order valence-corrected chi connectivity index (χ2v) is 7.31. The van der Waals surface area contributed by atoms with Crippen LogP contribution in [0.1, 0.15) is 5.56 Å². The molecule has 0 atom stereocenters. The van der Waals surface area contributed by atoms with Crippen molar-refractivity contribution < 1.29 is 18.7 Å². The monoisotopic (exact) mass is 436 g/mol. The summed E-state index contributed by atoms with van der Waals surface area (Å²) in [6.45, 7) is 2.00. The van der Waals surface area contributed by atoms with Crippen LogP contribution >= 0.6 is 11.6 Å². The van der Waals surface area contributed by atoms with E-state index in [2.05, 4.69) is 10.6 Å². The van der Waals surface area contributed by atoms with Gasteiger partial charge in [-0.15, -0.1) is 0 Å². The number of hydrogen-bond acceptors (Lipinski definition) is 4. The maximum absolute atomic E-state index is 12.9. The van der Waals surface area contributed by atoms with Gasteiger partial charge in [0.2, 0.25) is 5.88 Å². The van der Waals surface area contributed by atoms with Crippen LogP contribution in [-0.2, 0) is 0 Å². The Morgan fingerprint density at radius 1 is 0.935 bits per heavy atom. The molecule has 0 radical (unpaired) electrons. The van der Waals surface area contributed by atoms with Crippen molar-refractivity contribution in [2.24, 2.45) is 0 Å². The third-order valence-electron chi connectivity index (χ3n) is 4.96. The second kappa shape index (κ2) is 8.62. The van der Waals surface area contributed by atoms with Gasteiger partial charge in [-0.25, -0.2) is 4.79 Å². The van der Waals surface area contributed by atoms with Crippen LogP contribution < -0.4 is 20.1 Å². The fourth-order valence-corrected chi connectivity index (χ4v) is 3.67. The summed E-state index contributed by atoms with van der Waals surface area (Å²) in [5.41, 5.74) is 3.78. The standard InChI is InChI=1S/C24H21ClN2O4/c1-14-7-4-5-8-16(14)21-17-13-15(25)11-12-18(17)31-23(21)27-24(28)26-22-19(29-2)9-6-10-20(22)30-3/h4-13H,1-3H3,(H2,26,27,28). The number of ether oxygens (including phenoxy) is 2. The SMILES string of the molecule is COc1cccc(OC)c1NC(=O)Nc1oc2ccc(Cl)cc2c1-c1ccccc1C. The third-order valence-corrected chi connectivity index (χ3v) is 5.19. The van der Waals surface area contributed by atoms with Crippen molar-refractivity contribution in [1.82, 2.24) is 0 Å². The molecule has 4 rings (SSSR count). The molecule has 31 heavy (non-hydrogen) atoms. The first-order valence-electron chi connectivity index (χ1n) is 9.59. The molecular formula is C24H21ClN2O4. The average Bonchev–Trinajstić information content (AvgIpc) is 3.10. The Kier molecular flexibility index (Phi) is 5.73. The van der Waals surface area contributed by atoms with Gasteiger partial charge in [-0.2, -0.15) is 0 Å². The van der Waals surface area contributed by atoms with Crippen LogP contribution in [0.3, 0.4) is 0 Å². The van der Waals surface area contributed by atoms with Crippen LogP contribution in [0.5, 0.6) is 11.5 Å². The predicted molar refractivity (Wildman–Crippen MR) is 124 cm³/mol. The van der Waals surface area contributed by atoms with Gasteiger partial charge in [-0.1, -0.05) is 41.9 Å². The maximum atomic E-state index is 12.9. The Labute approximate surface area is 184 Å². The van der Waals surface area contributed by atoms with E-state index in [9.17, 15) is 4.79 Å². The number of urea groups is 1. The van der Waals surface area contributed by atoms with Gasteiger partial charge in [0.15, 0.2) is 0 Å². The summed E-state index contributed by atoms with van der Waals surface area (Å²) in [6.07, 6.45) is 0. The van der Waals surface area contributed by atoms with Crippen molar-refractivity contribution in [3.8, 4) is 22.6 Å². The number of nitrogens with one attached hydrogen (secondary N) is 2. The lowest BCUT2D eigenvalue weighted by atomic mass is 9.99. The number of para-hydroxylation sites is 1. The van der Waals surface area contributed by atoms with Gasteiger partial charge in [-0.05, 0) is 48.4 Å². The largest absolute Gasteiger partial charge is 0.494 e. The molecule has 0 spiro atoms. The van der Waals surface area contributed by atoms with Crippen molar-refractivity contribution in [2.75, 3.05) is 24.9 Å². The van der Waals surface area contributed by atoms with Gasteiger partial charge in [0.05, 0.1) is 19.8 Å². The molecule has 1 heterocycles. The first-order valence-corrected chi connectivity index (χ1v) is 9.96. The Balaban J connectivity index is 1.75. The van der Waals surface area contributed by atoms with E-state index in [0.29, 0.717) is 33.7 Å². The van der Waals surface area contributed by atoms with E-state index in [1.165, 1.54) is 14.2 Å². The number of anilines is 2. The minimum Gasteiger partial charge on any atom is -0.494 e. The molecule has 1 aromatic heterocycles. The zero-order valence-electron chi connectivity index (χ0n) is 17.3. The van der Waals surface area contributed by atoms with Crippen molar-refractivity contribution in [1.29, 1.82) is 0 Å². The first-order chi connectivity index (χ1) is 15.0. The molecule has 2 amide bonds. The normalized spacial score (nSPS) is 10.7. The van der Waals surface area contributed by atoms with Crippen LogP contribution in [0.2, 0.25) is 5.02 Å². The fourth-order valence-electron chi connectivity index (χ4n) is 3.50. The van der Waals surface area contributed by atoms with E-state index in [0.717, 1.165) is 22.1 Å². The summed E-state index contributed by atoms with van der Waals surface area (Å²) in [5.74, 6) is 1.27. The number of amides is 2. The van der Waals surface area contributed by atoms with Crippen LogP contribution in [0, 0.1) is 6.92 Å². The van der Waals surface area contributed by atoms with E-state index in [1.807, 2.05) is 37.3 Å². The molecule has 0 saturated carbocycles. The van der Waals surface area contributed by atoms with Gasteiger partial charge >= 0.3 is 6.03 Å². The van der Waals surface area contributed by atoms with E-state index >= 15 is 0 Å². The molecule has 7 heteroatoms. The number of furan rings is 1. The Morgan fingerprint density at radius 2 is 1.65 bits per heavy atom. The molecule has 4 aromatic rings. The topological polar surface area (TPSA) is 72.7 Å². The molecule has 0 saturated heterocycles. The predicted octanol–water partition coefficient (Wildman–Crippen LogP) is 6.72. The van der Waals surface area contributed by atoms with Crippen LogP contribution in [-0.4, -0.2) is 20.3 Å². The lowest BCUT2D eigenvalue weighted by Crippen LogP contribution is -2.20. The summed E-state index contributed by atoms with van der Waals surface area (Å²) in [6, 6.07) is 18.0. The molecule has 158 valence electrons. The van der Waals surface area contributed by atoms with Gasteiger partial charge in [0.25, 0.3) is 0 Å². The summed E-state index contributed by atoms with van der Waals surface area (Å²) >= 11 is 6.24. The van der Waals surface area contributed by atoms with Crippen molar-refractivity contribution in [3.05, 3.63) is 71.2 Å². The van der Waals surface area contributed by atoms with E-state index < -0.39 is 6.03 Å². The Bertz CT molecular complexity index is 1240. The number of halogens is 1. The Hall–Kier alpha value is -3.64. The molecule has 0 unspecified atom stereocenters. The third kappa shape index (κ3) is 4.02. The summed E-state index contributed by atoms with van der Waals surface area (Å²) in [4.78, 5) is 12.9. The lowest BCUT2D eigenvalue weighted by molar-refractivity contribution is 0.261. The molecule has 0 aliphatic carbocycles. The molecule has 3 aromatic carbocycles. The van der Waals surface area contributed by atoms with Gasteiger partial charge < -0.3 is 19.2 Å². The highest BCUT2D eigenvalue weighted by Gasteiger charge is 2.21. The number of rotatable bonds is 5. The quantitative estimate of drug-likeness (QED) is 0.364. The highest BCUT2D eigenvalue weighted by Crippen LogP contribution is 2.41. The minimum absolute atomic E-state index is 0.318. The smallest absolute Gasteiger partial charge is 0.326 e. The van der Waals surface area contributed by atoms with Crippen molar-refractivity contribution in [2.45, 2.75) is 6.92 Å². The second-order valence-electron chi connectivity index (χ2n) is 6.88. The zero-order valence-corrected chi connectivity index (χ0v) is 18.0. The van der Waals surface area contributed by atoms with Crippen molar-refractivity contribution >= 4 is 40.2 Å². The summed E-state index contributed by atoms with van der Waals surface area (Å²) in [7, 11) is 3.05. The van der Waals surface area contributed by atoms with Crippen LogP contribution in [0.4, 0.5) is 16.4 Å². The number of carbonyl (C=O) groups excluding carboxylic acids is 1. The highest BCUT2D eigenvalue weighted by atomic mass is 35.5. The fraction of sp³-hybridized carbons (Fsp3) is 0.125. The summed E-state index contributed by atoms with van der Waals surface area (Å²) < 4.78 is 16.7. The number of aryl methyl sites for hydroxylation is 1. The molecule has 0 aliphatic rings. The van der Waals surface area contributed by atoms with Gasteiger partial charge in [0, 0.05) is 10.4 Å².